The van der Waals surface area contributed by atoms with Gasteiger partial charge in [-0.25, -0.2) is 0 Å². The van der Waals surface area contributed by atoms with Gasteiger partial charge in [-0.2, -0.15) is 0 Å². The normalized spacial score (nSPS) is 20.5. The third-order valence-electron chi connectivity index (χ3n) is 4.07. The predicted octanol–water partition coefficient (Wildman–Crippen LogP) is 2.17. The summed E-state index contributed by atoms with van der Waals surface area (Å²) in [5.74, 6) is 0.0612. The number of carbonyl (C=O) groups is 2. The molecule has 1 aliphatic rings. The van der Waals surface area contributed by atoms with Crippen LogP contribution in [0.3, 0.4) is 0 Å². The van der Waals surface area contributed by atoms with Gasteiger partial charge in [0.2, 0.25) is 5.91 Å². The number of nitrogens with zero attached hydrogens (tertiary/aromatic N) is 1. The van der Waals surface area contributed by atoms with E-state index in [4.69, 9.17) is 10.2 Å². The van der Waals surface area contributed by atoms with Gasteiger partial charge in [0.15, 0.2) is 10.4 Å². The van der Waals surface area contributed by atoms with E-state index in [1.165, 1.54) is 11.3 Å². The van der Waals surface area contributed by atoms with Gasteiger partial charge in [0.25, 0.3) is 5.91 Å². The Hall–Kier alpha value is -1.05. The fourth-order valence-corrected chi connectivity index (χ4v) is 3.14. The van der Waals surface area contributed by atoms with Gasteiger partial charge >= 0.3 is 0 Å². The smallest absolute Gasteiger partial charge is 0.289 e. The Kier molecular flexibility index (Phi) is 8.08. The van der Waals surface area contributed by atoms with Crippen molar-refractivity contribution in [3.63, 3.8) is 0 Å². The first-order valence-corrected chi connectivity index (χ1v) is 8.30. The standard InChI is InChI=1S/C15H22BrN3O3.ClH/c1-19(15(21)12-6-7-13(16)22-12)9-14(20)18-11-5-3-2-4-10(11)8-17;/h6-7,10-11H,2-5,8-9,17H2,1H3,(H,18,20);1H. The monoisotopic (exact) mass is 407 g/mol. The predicted molar refractivity (Wildman–Crippen MR) is 93.6 cm³/mol. The topological polar surface area (TPSA) is 88.6 Å². The Morgan fingerprint density at radius 1 is 1.39 bits per heavy atom. The van der Waals surface area contributed by atoms with E-state index in [1.807, 2.05) is 0 Å². The van der Waals surface area contributed by atoms with Crippen molar-refractivity contribution in [1.29, 1.82) is 0 Å². The third-order valence-corrected chi connectivity index (χ3v) is 4.50. The Bertz CT molecular complexity index is 538. The average Bonchev–Trinajstić information content (AvgIpc) is 2.93. The summed E-state index contributed by atoms with van der Waals surface area (Å²) in [6.45, 7) is 0.588. The molecule has 1 fully saturated rings. The zero-order chi connectivity index (χ0) is 16.1. The first kappa shape index (κ1) is 20.0. The first-order valence-electron chi connectivity index (χ1n) is 7.51. The average molecular weight is 409 g/mol. The number of nitrogens with one attached hydrogen (secondary N) is 1. The number of rotatable bonds is 5. The second-order valence-corrected chi connectivity index (χ2v) is 6.50. The fraction of sp³-hybridized carbons (Fsp3) is 0.600. The van der Waals surface area contributed by atoms with Gasteiger partial charge in [0.1, 0.15) is 0 Å². The van der Waals surface area contributed by atoms with Crippen LogP contribution in [0.25, 0.3) is 0 Å². The summed E-state index contributed by atoms with van der Waals surface area (Å²) in [6.07, 6.45) is 4.28. The third kappa shape index (κ3) is 5.51. The minimum Gasteiger partial charge on any atom is -0.444 e. The zero-order valence-corrected chi connectivity index (χ0v) is 15.5. The molecule has 130 valence electrons. The maximum atomic E-state index is 12.1. The van der Waals surface area contributed by atoms with Gasteiger partial charge in [-0.3, -0.25) is 9.59 Å². The summed E-state index contributed by atoms with van der Waals surface area (Å²) in [5, 5.41) is 3.01. The summed E-state index contributed by atoms with van der Waals surface area (Å²) < 4.78 is 5.70. The van der Waals surface area contributed by atoms with Gasteiger partial charge in [-0.1, -0.05) is 12.8 Å². The molecule has 3 N–H and O–H groups in total. The van der Waals surface area contributed by atoms with Crippen LogP contribution in [-0.4, -0.2) is 42.9 Å². The van der Waals surface area contributed by atoms with Crippen LogP contribution in [0.4, 0.5) is 0 Å². The number of likely N-dealkylation sites (N-methyl/N-ethyl adjacent to an activating group) is 1. The van der Waals surface area contributed by atoms with E-state index < -0.39 is 0 Å². The van der Waals surface area contributed by atoms with Crippen molar-refractivity contribution < 1.29 is 14.0 Å². The van der Waals surface area contributed by atoms with Crippen molar-refractivity contribution in [2.75, 3.05) is 20.1 Å². The molecule has 2 atom stereocenters. The largest absolute Gasteiger partial charge is 0.444 e. The molecule has 1 aromatic heterocycles. The molecule has 2 amide bonds. The van der Waals surface area contributed by atoms with E-state index in [0.29, 0.717) is 17.1 Å². The lowest BCUT2D eigenvalue weighted by Crippen LogP contribution is -2.48. The van der Waals surface area contributed by atoms with Gasteiger partial charge in [-0.15, -0.1) is 12.4 Å². The minimum absolute atomic E-state index is 0. The van der Waals surface area contributed by atoms with E-state index >= 15 is 0 Å². The molecule has 0 saturated heterocycles. The van der Waals surface area contributed by atoms with Crippen LogP contribution in [0.5, 0.6) is 0 Å². The number of furan rings is 1. The van der Waals surface area contributed by atoms with Crippen molar-refractivity contribution in [3.8, 4) is 0 Å². The van der Waals surface area contributed by atoms with Crippen molar-refractivity contribution in [3.05, 3.63) is 22.6 Å². The summed E-state index contributed by atoms with van der Waals surface area (Å²) in [4.78, 5) is 25.6. The molecule has 23 heavy (non-hydrogen) atoms. The molecule has 0 bridgehead atoms. The lowest BCUT2D eigenvalue weighted by Gasteiger charge is -2.31. The second kappa shape index (κ2) is 9.30. The molecule has 0 aliphatic heterocycles. The number of carbonyl (C=O) groups excluding carboxylic acids is 2. The Balaban J connectivity index is 0.00000264. The van der Waals surface area contributed by atoms with Crippen molar-refractivity contribution in [1.82, 2.24) is 10.2 Å². The molecule has 1 aromatic rings. The summed E-state index contributed by atoms with van der Waals surface area (Å²) >= 11 is 3.15. The molecule has 2 unspecified atom stereocenters. The second-order valence-electron chi connectivity index (χ2n) is 5.72. The molecule has 1 heterocycles. The van der Waals surface area contributed by atoms with Crippen LogP contribution in [0.15, 0.2) is 21.2 Å². The molecule has 1 saturated carbocycles. The Morgan fingerprint density at radius 2 is 2.09 bits per heavy atom. The van der Waals surface area contributed by atoms with Crippen LogP contribution in [-0.2, 0) is 4.79 Å². The van der Waals surface area contributed by atoms with Crippen LogP contribution >= 0.6 is 28.3 Å². The number of amides is 2. The highest BCUT2D eigenvalue weighted by atomic mass is 79.9. The highest BCUT2D eigenvalue weighted by Crippen LogP contribution is 2.23. The van der Waals surface area contributed by atoms with Crippen molar-refractivity contribution in [2.45, 2.75) is 31.7 Å². The van der Waals surface area contributed by atoms with Gasteiger partial charge in [-0.05, 0) is 53.4 Å². The maximum absolute atomic E-state index is 12.1. The van der Waals surface area contributed by atoms with Crippen LogP contribution in [0.2, 0.25) is 0 Å². The molecule has 0 radical (unpaired) electrons. The molecule has 6 nitrogen and oxygen atoms in total. The SMILES string of the molecule is CN(CC(=O)NC1CCCCC1CN)C(=O)c1ccc(Br)o1.Cl. The van der Waals surface area contributed by atoms with E-state index in [9.17, 15) is 9.59 Å². The molecule has 0 spiro atoms. The first-order chi connectivity index (χ1) is 10.5. The lowest BCUT2D eigenvalue weighted by molar-refractivity contribution is -0.122. The van der Waals surface area contributed by atoms with E-state index in [1.54, 1.807) is 19.2 Å². The molecule has 0 aromatic carbocycles. The van der Waals surface area contributed by atoms with Gasteiger partial charge < -0.3 is 20.4 Å². The number of hydrogen-bond acceptors (Lipinski definition) is 4. The van der Waals surface area contributed by atoms with E-state index in [2.05, 4.69) is 21.2 Å². The number of nitrogens with two attached hydrogens (primary N) is 1. The van der Waals surface area contributed by atoms with Crippen molar-refractivity contribution in [2.24, 2.45) is 11.7 Å². The maximum Gasteiger partial charge on any atom is 0.289 e. The van der Waals surface area contributed by atoms with E-state index in [0.717, 1.165) is 19.3 Å². The molecule has 8 heteroatoms. The summed E-state index contributed by atoms with van der Waals surface area (Å²) in [6, 6.07) is 3.34. The highest BCUT2D eigenvalue weighted by molar-refractivity contribution is 9.10. The lowest BCUT2D eigenvalue weighted by atomic mass is 9.84. The quantitative estimate of drug-likeness (QED) is 0.781. The van der Waals surface area contributed by atoms with Crippen LogP contribution in [0.1, 0.15) is 36.2 Å². The molecule has 1 aliphatic carbocycles. The molecular formula is C15H23BrClN3O3. The fourth-order valence-electron chi connectivity index (χ4n) is 2.84. The Morgan fingerprint density at radius 3 is 2.70 bits per heavy atom. The summed E-state index contributed by atoms with van der Waals surface area (Å²) in [5.41, 5.74) is 5.76. The highest BCUT2D eigenvalue weighted by Gasteiger charge is 2.26. The van der Waals surface area contributed by atoms with Crippen molar-refractivity contribution >= 4 is 40.2 Å². The number of hydrogen-bond donors (Lipinski definition) is 2. The van der Waals surface area contributed by atoms with Crippen LogP contribution in [0, 0.1) is 5.92 Å². The summed E-state index contributed by atoms with van der Waals surface area (Å²) in [7, 11) is 1.58. The van der Waals surface area contributed by atoms with Gasteiger partial charge in [0, 0.05) is 13.1 Å². The Labute approximate surface area is 150 Å². The zero-order valence-electron chi connectivity index (χ0n) is 13.1. The van der Waals surface area contributed by atoms with Crippen LogP contribution < -0.4 is 11.1 Å². The molecular weight excluding hydrogens is 386 g/mol. The number of halogens is 2. The minimum atomic E-state index is -0.320. The molecule has 2 rings (SSSR count). The van der Waals surface area contributed by atoms with E-state index in [-0.39, 0.29) is 42.6 Å². The van der Waals surface area contributed by atoms with Gasteiger partial charge in [0.05, 0.1) is 6.54 Å².